The van der Waals surface area contributed by atoms with Crippen molar-refractivity contribution in [3.05, 3.63) is 34.1 Å². The molecule has 1 N–H and O–H groups in total. The lowest BCUT2D eigenvalue weighted by molar-refractivity contribution is -0.00815. The van der Waals surface area contributed by atoms with E-state index in [4.69, 9.17) is 4.74 Å². The van der Waals surface area contributed by atoms with Crippen LogP contribution in [0, 0.1) is 5.82 Å². The average molecular weight is 318 g/mol. The SMILES string of the molecule is CCOC(C)(C)CNC(=O)c1ccc(Br)c(F)c1. The number of nitrogens with one attached hydrogen (secondary N) is 1. The number of amides is 1. The molecule has 0 aliphatic carbocycles. The zero-order valence-electron chi connectivity index (χ0n) is 10.7. The van der Waals surface area contributed by atoms with E-state index in [9.17, 15) is 9.18 Å². The Bertz CT molecular complexity index is 435. The Labute approximate surface area is 115 Å². The van der Waals surface area contributed by atoms with Gasteiger partial charge in [0.05, 0.1) is 10.1 Å². The normalized spacial score (nSPS) is 11.4. The zero-order chi connectivity index (χ0) is 13.8. The van der Waals surface area contributed by atoms with Gasteiger partial charge in [0.2, 0.25) is 0 Å². The van der Waals surface area contributed by atoms with Crippen LogP contribution in [0.15, 0.2) is 22.7 Å². The molecule has 0 radical (unpaired) electrons. The molecule has 5 heteroatoms. The van der Waals surface area contributed by atoms with Crippen molar-refractivity contribution < 1.29 is 13.9 Å². The van der Waals surface area contributed by atoms with Crippen molar-refractivity contribution >= 4 is 21.8 Å². The first-order valence-corrected chi connectivity index (χ1v) is 6.52. The molecular weight excluding hydrogens is 301 g/mol. The van der Waals surface area contributed by atoms with Crippen LogP contribution in [-0.2, 0) is 4.74 Å². The summed E-state index contributed by atoms with van der Waals surface area (Å²) in [5.74, 6) is -0.763. The van der Waals surface area contributed by atoms with Crippen LogP contribution >= 0.6 is 15.9 Å². The summed E-state index contributed by atoms with van der Waals surface area (Å²) in [5.41, 5.74) is -0.138. The first-order valence-electron chi connectivity index (χ1n) is 5.73. The molecular formula is C13H17BrFNO2. The predicted molar refractivity (Wildman–Crippen MR) is 72.1 cm³/mol. The van der Waals surface area contributed by atoms with Gasteiger partial charge in [0, 0.05) is 18.7 Å². The number of benzene rings is 1. The fourth-order valence-corrected chi connectivity index (χ4v) is 1.72. The summed E-state index contributed by atoms with van der Waals surface area (Å²) in [6.07, 6.45) is 0. The molecule has 0 saturated heterocycles. The van der Waals surface area contributed by atoms with Gasteiger partial charge < -0.3 is 10.1 Å². The van der Waals surface area contributed by atoms with E-state index >= 15 is 0 Å². The highest BCUT2D eigenvalue weighted by atomic mass is 79.9. The van der Waals surface area contributed by atoms with E-state index in [0.717, 1.165) is 0 Å². The summed E-state index contributed by atoms with van der Waals surface area (Å²) in [6.45, 7) is 6.62. The number of carbonyl (C=O) groups excluding carboxylic acids is 1. The zero-order valence-corrected chi connectivity index (χ0v) is 12.3. The molecule has 18 heavy (non-hydrogen) atoms. The second kappa shape index (κ2) is 6.29. The van der Waals surface area contributed by atoms with Crippen molar-refractivity contribution in [2.75, 3.05) is 13.2 Å². The fraction of sp³-hybridized carbons (Fsp3) is 0.462. The van der Waals surface area contributed by atoms with Gasteiger partial charge in [-0.25, -0.2) is 4.39 Å². The van der Waals surface area contributed by atoms with Gasteiger partial charge in [0.25, 0.3) is 5.91 Å². The van der Waals surface area contributed by atoms with Gasteiger partial charge in [0.1, 0.15) is 5.82 Å². The monoisotopic (exact) mass is 317 g/mol. The quantitative estimate of drug-likeness (QED) is 0.906. The number of halogens is 2. The third-order valence-corrected chi connectivity index (χ3v) is 3.03. The molecule has 1 aromatic carbocycles. The molecule has 1 amide bonds. The summed E-state index contributed by atoms with van der Waals surface area (Å²) in [6, 6.07) is 4.28. The van der Waals surface area contributed by atoms with Crippen molar-refractivity contribution in [1.29, 1.82) is 0 Å². The lowest BCUT2D eigenvalue weighted by atomic mass is 10.1. The standard InChI is InChI=1S/C13H17BrFNO2/c1-4-18-13(2,3)8-16-12(17)9-5-6-10(14)11(15)7-9/h5-7H,4,8H2,1-3H3,(H,16,17). The number of hydrogen-bond donors (Lipinski definition) is 1. The molecule has 1 rings (SSSR count). The molecule has 0 saturated carbocycles. The van der Waals surface area contributed by atoms with E-state index < -0.39 is 11.4 Å². The molecule has 0 spiro atoms. The second-order valence-corrected chi connectivity index (χ2v) is 5.36. The topological polar surface area (TPSA) is 38.3 Å². The van der Waals surface area contributed by atoms with Gasteiger partial charge in [0.15, 0.2) is 0 Å². The van der Waals surface area contributed by atoms with Gasteiger partial charge in [-0.15, -0.1) is 0 Å². The van der Waals surface area contributed by atoms with Crippen molar-refractivity contribution in [3.8, 4) is 0 Å². The van der Waals surface area contributed by atoms with Gasteiger partial charge in [-0.2, -0.15) is 0 Å². The van der Waals surface area contributed by atoms with Gasteiger partial charge in [-0.05, 0) is 54.9 Å². The molecule has 0 aromatic heterocycles. The molecule has 1 aromatic rings. The Hall–Kier alpha value is -0.940. The number of rotatable bonds is 5. The van der Waals surface area contributed by atoms with Crippen molar-refractivity contribution in [1.82, 2.24) is 5.32 Å². The highest BCUT2D eigenvalue weighted by molar-refractivity contribution is 9.10. The minimum Gasteiger partial charge on any atom is -0.374 e. The Morgan fingerprint density at radius 3 is 2.72 bits per heavy atom. The third-order valence-electron chi connectivity index (χ3n) is 2.39. The van der Waals surface area contributed by atoms with E-state index in [1.807, 2.05) is 20.8 Å². The summed E-state index contributed by atoms with van der Waals surface area (Å²) in [4.78, 5) is 11.8. The van der Waals surface area contributed by atoms with Gasteiger partial charge in [-0.3, -0.25) is 4.79 Å². The van der Waals surface area contributed by atoms with E-state index in [1.54, 1.807) is 6.07 Å². The van der Waals surface area contributed by atoms with E-state index in [-0.39, 0.29) is 5.91 Å². The minimum atomic E-state index is -0.452. The number of hydrogen-bond acceptors (Lipinski definition) is 2. The van der Waals surface area contributed by atoms with Crippen molar-refractivity contribution in [3.63, 3.8) is 0 Å². The Morgan fingerprint density at radius 2 is 2.17 bits per heavy atom. The largest absolute Gasteiger partial charge is 0.374 e. The van der Waals surface area contributed by atoms with Crippen LogP contribution in [0.2, 0.25) is 0 Å². The maximum Gasteiger partial charge on any atom is 0.251 e. The fourth-order valence-electron chi connectivity index (χ4n) is 1.47. The van der Waals surface area contributed by atoms with Gasteiger partial charge in [-0.1, -0.05) is 0 Å². The van der Waals surface area contributed by atoms with Crippen LogP contribution in [0.4, 0.5) is 4.39 Å². The maximum atomic E-state index is 13.3. The Kier molecular flexibility index (Phi) is 5.28. The molecule has 100 valence electrons. The predicted octanol–water partition coefficient (Wildman–Crippen LogP) is 3.13. The average Bonchev–Trinajstić information content (AvgIpc) is 2.30. The molecule has 3 nitrogen and oxygen atoms in total. The Morgan fingerprint density at radius 1 is 1.50 bits per heavy atom. The van der Waals surface area contributed by atoms with E-state index in [1.165, 1.54) is 12.1 Å². The molecule has 0 heterocycles. The minimum absolute atomic E-state index is 0.294. The van der Waals surface area contributed by atoms with E-state index in [2.05, 4.69) is 21.2 Å². The highest BCUT2D eigenvalue weighted by Gasteiger charge is 2.19. The molecule has 0 fully saturated rings. The van der Waals surface area contributed by atoms with Crippen molar-refractivity contribution in [2.45, 2.75) is 26.4 Å². The lowest BCUT2D eigenvalue weighted by Crippen LogP contribution is -2.40. The number of carbonyl (C=O) groups is 1. The third kappa shape index (κ3) is 4.38. The van der Waals surface area contributed by atoms with E-state index in [0.29, 0.717) is 23.2 Å². The summed E-state index contributed by atoms with van der Waals surface area (Å²) in [5, 5.41) is 2.72. The number of ether oxygens (including phenoxy) is 1. The molecule has 0 unspecified atom stereocenters. The van der Waals surface area contributed by atoms with Crippen LogP contribution < -0.4 is 5.32 Å². The summed E-state index contributed by atoms with van der Waals surface area (Å²) >= 11 is 3.04. The molecule has 0 bridgehead atoms. The highest BCUT2D eigenvalue weighted by Crippen LogP contribution is 2.16. The van der Waals surface area contributed by atoms with Crippen LogP contribution in [0.5, 0.6) is 0 Å². The molecule has 0 atom stereocenters. The smallest absolute Gasteiger partial charge is 0.251 e. The lowest BCUT2D eigenvalue weighted by Gasteiger charge is -2.24. The summed E-state index contributed by atoms with van der Waals surface area (Å²) in [7, 11) is 0. The van der Waals surface area contributed by atoms with Crippen LogP contribution in [0.25, 0.3) is 0 Å². The second-order valence-electron chi connectivity index (χ2n) is 4.50. The Balaban J connectivity index is 2.63. The maximum absolute atomic E-state index is 13.3. The molecule has 0 aliphatic rings. The van der Waals surface area contributed by atoms with Crippen LogP contribution in [0.1, 0.15) is 31.1 Å². The summed E-state index contributed by atoms with van der Waals surface area (Å²) < 4.78 is 19.1. The molecule has 0 aliphatic heterocycles. The van der Waals surface area contributed by atoms with Crippen molar-refractivity contribution in [2.24, 2.45) is 0 Å². The first-order chi connectivity index (χ1) is 8.35. The van der Waals surface area contributed by atoms with Gasteiger partial charge >= 0.3 is 0 Å². The first kappa shape index (κ1) is 15.1. The van der Waals surface area contributed by atoms with Crippen LogP contribution in [0.3, 0.4) is 0 Å². The van der Waals surface area contributed by atoms with Crippen LogP contribution in [-0.4, -0.2) is 24.7 Å².